The topological polar surface area (TPSA) is 23.5 Å². The van der Waals surface area contributed by atoms with Crippen LogP contribution in [-0.4, -0.2) is 34.7 Å². The molecule has 1 N–H and O–H groups in total. The first-order valence-corrected chi connectivity index (χ1v) is 8.69. The predicted octanol–water partition coefficient (Wildman–Crippen LogP) is 3.72. The van der Waals surface area contributed by atoms with E-state index in [-0.39, 0.29) is 6.10 Å². The molecule has 0 radical (unpaired) electrons. The van der Waals surface area contributed by atoms with E-state index in [0.29, 0.717) is 11.5 Å². The Labute approximate surface area is 118 Å². The standard InChI is InChI=1S/C17H31NO/c1-2-3-12-18(14-6-7-14)16-13-15(19)8-11-17(16)9-4-5-10-17/h14-16,19H,2-13H2,1H3. The normalized spacial score (nSPS) is 34.3. The Bertz CT molecular complexity index is 294. The van der Waals surface area contributed by atoms with Crippen LogP contribution in [0.4, 0.5) is 0 Å². The van der Waals surface area contributed by atoms with Crippen molar-refractivity contribution < 1.29 is 5.11 Å². The summed E-state index contributed by atoms with van der Waals surface area (Å²) in [5.74, 6) is 0. The lowest BCUT2D eigenvalue weighted by Gasteiger charge is -2.49. The van der Waals surface area contributed by atoms with Gasteiger partial charge in [0, 0.05) is 12.1 Å². The maximum Gasteiger partial charge on any atom is 0.0555 e. The summed E-state index contributed by atoms with van der Waals surface area (Å²) < 4.78 is 0. The first-order chi connectivity index (χ1) is 9.25. The smallest absolute Gasteiger partial charge is 0.0555 e. The molecule has 3 aliphatic rings. The van der Waals surface area contributed by atoms with Crippen molar-refractivity contribution in [2.45, 2.75) is 95.7 Å². The van der Waals surface area contributed by atoms with Crippen molar-refractivity contribution in [3.63, 3.8) is 0 Å². The van der Waals surface area contributed by atoms with Crippen LogP contribution in [0, 0.1) is 5.41 Å². The first-order valence-electron chi connectivity index (χ1n) is 8.69. The molecule has 110 valence electrons. The Morgan fingerprint density at radius 2 is 1.84 bits per heavy atom. The van der Waals surface area contributed by atoms with E-state index in [1.165, 1.54) is 64.3 Å². The van der Waals surface area contributed by atoms with Crippen LogP contribution in [0.3, 0.4) is 0 Å². The minimum atomic E-state index is -0.0286. The summed E-state index contributed by atoms with van der Waals surface area (Å²) in [4.78, 5) is 2.83. The summed E-state index contributed by atoms with van der Waals surface area (Å²) in [5.41, 5.74) is 0.579. The summed E-state index contributed by atoms with van der Waals surface area (Å²) in [6.07, 6.45) is 14.5. The van der Waals surface area contributed by atoms with Gasteiger partial charge in [-0.05, 0) is 63.3 Å². The van der Waals surface area contributed by atoms with Crippen LogP contribution in [-0.2, 0) is 0 Å². The van der Waals surface area contributed by atoms with Crippen molar-refractivity contribution in [2.75, 3.05) is 6.54 Å². The average Bonchev–Trinajstić information content (AvgIpc) is 3.14. The van der Waals surface area contributed by atoms with E-state index in [2.05, 4.69) is 11.8 Å². The van der Waals surface area contributed by atoms with E-state index in [4.69, 9.17) is 0 Å². The minimum Gasteiger partial charge on any atom is -0.393 e. The van der Waals surface area contributed by atoms with Crippen molar-refractivity contribution in [3.05, 3.63) is 0 Å². The third-order valence-electron chi connectivity index (χ3n) is 5.96. The summed E-state index contributed by atoms with van der Waals surface area (Å²) in [5, 5.41) is 10.2. The largest absolute Gasteiger partial charge is 0.393 e. The molecule has 2 unspecified atom stereocenters. The van der Waals surface area contributed by atoms with E-state index in [9.17, 15) is 5.11 Å². The van der Waals surface area contributed by atoms with Crippen LogP contribution in [0.2, 0.25) is 0 Å². The molecule has 0 aromatic heterocycles. The van der Waals surface area contributed by atoms with Crippen molar-refractivity contribution in [3.8, 4) is 0 Å². The second kappa shape index (κ2) is 5.73. The Kier molecular flexibility index (Phi) is 4.19. The maximum absolute atomic E-state index is 10.2. The highest BCUT2D eigenvalue weighted by atomic mass is 16.3. The van der Waals surface area contributed by atoms with Crippen LogP contribution in [0.1, 0.15) is 77.6 Å². The number of hydrogen-bond acceptors (Lipinski definition) is 2. The molecule has 3 fully saturated rings. The van der Waals surface area contributed by atoms with Gasteiger partial charge in [-0.25, -0.2) is 0 Å². The molecule has 0 aromatic rings. The predicted molar refractivity (Wildman–Crippen MR) is 79.2 cm³/mol. The van der Waals surface area contributed by atoms with Crippen molar-refractivity contribution in [1.82, 2.24) is 4.90 Å². The SMILES string of the molecule is CCCCN(C1CC1)C1CC(O)CCC12CCCC2. The molecule has 3 saturated carbocycles. The second-order valence-corrected chi connectivity index (χ2v) is 7.34. The molecule has 2 atom stereocenters. The summed E-state index contributed by atoms with van der Waals surface area (Å²) in [6, 6.07) is 1.55. The quantitative estimate of drug-likeness (QED) is 0.819. The lowest BCUT2D eigenvalue weighted by molar-refractivity contribution is -0.0305. The van der Waals surface area contributed by atoms with Gasteiger partial charge < -0.3 is 5.11 Å². The van der Waals surface area contributed by atoms with Crippen LogP contribution >= 0.6 is 0 Å². The fourth-order valence-electron chi connectivity index (χ4n) is 4.74. The fourth-order valence-corrected chi connectivity index (χ4v) is 4.74. The molecule has 1 spiro atoms. The molecule has 0 heterocycles. The van der Waals surface area contributed by atoms with Gasteiger partial charge in [-0.3, -0.25) is 4.90 Å². The molecule has 0 saturated heterocycles. The molecule has 0 bridgehead atoms. The van der Waals surface area contributed by atoms with Crippen molar-refractivity contribution in [2.24, 2.45) is 5.41 Å². The molecular weight excluding hydrogens is 234 g/mol. The van der Waals surface area contributed by atoms with E-state index in [1.54, 1.807) is 0 Å². The van der Waals surface area contributed by atoms with Gasteiger partial charge in [-0.2, -0.15) is 0 Å². The van der Waals surface area contributed by atoms with Crippen LogP contribution in [0.5, 0.6) is 0 Å². The van der Waals surface area contributed by atoms with Gasteiger partial charge in [-0.1, -0.05) is 26.2 Å². The minimum absolute atomic E-state index is 0.0286. The molecule has 0 amide bonds. The van der Waals surface area contributed by atoms with E-state index in [1.807, 2.05) is 0 Å². The fraction of sp³-hybridized carbons (Fsp3) is 1.00. The molecule has 0 aliphatic heterocycles. The Morgan fingerprint density at radius 3 is 2.47 bits per heavy atom. The lowest BCUT2D eigenvalue weighted by atomic mass is 9.67. The zero-order valence-corrected chi connectivity index (χ0v) is 12.6. The summed E-state index contributed by atoms with van der Waals surface area (Å²) in [7, 11) is 0. The highest BCUT2D eigenvalue weighted by Gasteiger charge is 2.49. The van der Waals surface area contributed by atoms with Crippen LogP contribution in [0.15, 0.2) is 0 Å². The van der Waals surface area contributed by atoms with Crippen LogP contribution < -0.4 is 0 Å². The van der Waals surface area contributed by atoms with E-state index >= 15 is 0 Å². The van der Waals surface area contributed by atoms with E-state index < -0.39 is 0 Å². The van der Waals surface area contributed by atoms with Gasteiger partial charge in [0.25, 0.3) is 0 Å². The van der Waals surface area contributed by atoms with Gasteiger partial charge in [-0.15, -0.1) is 0 Å². The Balaban J connectivity index is 1.75. The van der Waals surface area contributed by atoms with Gasteiger partial charge in [0.05, 0.1) is 6.10 Å². The van der Waals surface area contributed by atoms with Gasteiger partial charge in [0.2, 0.25) is 0 Å². The zero-order chi connectivity index (χ0) is 13.3. The highest BCUT2D eigenvalue weighted by Crippen LogP contribution is 2.52. The monoisotopic (exact) mass is 265 g/mol. The van der Waals surface area contributed by atoms with Crippen molar-refractivity contribution >= 4 is 0 Å². The average molecular weight is 265 g/mol. The number of aliphatic hydroxyl groups excluding tert-OH is 1. The number of aliphatic hydroxyl groups is 1. The lowest BCUT2D eigenvalue weighted by Crippen LogP contribution is -2.52. The Hall–Kier alpha value is -0.0800. The number of rotatable bonds is 5. The summed E-state index contributed by atoms with van der Waals surface area (Å²) in [6.45, 7) is 3.58. The van der Waals surface area contributed by atoms with Gasteiger partial charge >= 0.3 is 0 Å². The number of hydrogen-bond donors (Lipinski definition) is 1. The molecule has 2 nitrogen and oxygen atoms in total. The molecule has 3 aliphatic carbocycles. The van der Waals surface area contributed by atoms with Crippen molar-refractivity contribution in [1.29, 1.82) is 0 Å². The van der Waals surface area contributed by atoms with Crippen LogP contribution in [0.25, 0.3) is 0 Å². The molecule has 19 heavy (non-hydrogen) atoms. The zero-order valence-electron chi connectivity index (χ0n) is 12.6. The molecular formula is C17H31NO. The molecule has 3 rings (SSSR count). The highest BCUT2D eigenvalue weighted by molar-refractivity contribution is 5.03. The maximum atomic E-state index is 10.2. The first kappa shape index (κ1) is 13.9. The summed E-state index contributed by atoms with van der Waals surface area (Å²) >= 11 is 0. The van der Waals surface area contributed by atoms with Gasteiger partial charge in [0.15, 0.2) is 0 Å². The Morgan fingerprint density at radius 1 is 1.11 bits per heavy atom. The number of unbranched alkanes of at least 4 members (excludes halogenated alkanes) is 1. The number of nitrogens with zero attached hydrogens (tertiary/aromatic N) is 1. The van der Waals surface area contributed by atoms with Gasteiger partial charge in [0.1, 0.15) is 0 Å². The van der Waals surface area contributed by atoms with E-state index in [0.717, 1.165) is 18.9 Å². The third kappa shape index (κ3) is 2.85. The second-order valence-electron chi connectivity index (χ2n) is 7.34. The molecule has 0 aromatic carbocycles. The third-order valence-corrected chi connectivity index (χ3v) is 5.96. The molecule has 2 heteroatoms.